The van der Waals surface area contributed by atoms with E-state index in [4.69, 9.17) is 0 Å². The fraction of sp³-hybridized carbons (Fsp3) is 0.600. The SMILES string of the molecule is CC(C)NCc1cc(S(=O)(=O)NC(C)C(C)C)ccc1F. The van der Waals surface area contributed by atoms with Gasteiger partial charge in [-0.2, -0.15) is 0 Å². The molecule has 0 saturated carbocycles. The normalized spacial score (nSPS) is 13.9. The molecule has 6 heteroatoms. The van der Waals surface area contributed by atoms with E-state index >= 15 is 0 Å². The quantitative estimate of drug-likeness (QED) is 0.813. The molecule has 1 unspecified atom stereocenters. The Labute approximate surface area is 127 Å². The van der Waals surface area contributed by atoms with E-state index in [1.165, 1.54) is 18.2 Å². The number of nitrogens with one attached hydrogen (secondary N) is 2. The first-order valence-corrected chi connectivity index (χ1v) is 8.66. The Bertz CT molecular complexity index is 571. The molecular weight excluding hydrogens is 291 g/mol. The molecule has 0 spiro atoms. The van der Waals surface area contributed by atoms with Gasteiger partial charge in [0.1, 0.15) is 5.82 Å². The van der Waals surface area contributed by atoms with Gasteiger partial charge in [-0.15, -0.1) is 0 Å². The third kappa shape index (κ3) is 5.37. The molecule has 0 fully saturated rings. The number of sulfonamides is 1. The summed E-state index contributed by atoms with van der Waals surface area (Å²) < 4.78 is 40.9. The number of benzene rings is 1. The monoisotopic (exact) mass is 316 g/mol. The summed E-state index contributed by atoms with van der Waals surface area (Å²) in [5.74, 6) is -0.221. The third-order valence-corrected chi connectivity index (χ3v) is 4.93. The van der Waals surface area contributed by atoms with E-state index in [0.29, 0.717) is 12.1 Å². The smallest absolute Gasteiger partial charge is 0.240 e. The molecule has 1 atom stereocenters. The van der Waals surface area contributed by atoms with Crippen molar-refractivity contribution in [2.75, 3.05) is 0 Å². The highest BCUT2D eigenvalue weighted by Gasteiger charge is 2.20. The Morgan fingerprint density at radius 1 is 1.14 bits per heavy atom. The van der Waals surface area contributed by atoms with Crippen LogP contribution in [-0.2, 0) is 16.6 Å². The molecule has 0 heterocycles. The van der Waals surface area contributed by atoms with Gasteiger partial charge in [-0.1, -0.05) is 27.7 Å². The van der Waals surface area contributed by atoms with Crippen molar-refractivity contribution in [1.29, 1.82) is 0 Å². The molecule has 0 amide bonds. The van der Waals surface area contributed by atoms with Crippen LogP contribution >= 0.6 is 0 Å². The number of hydrogen-bond donors (Lipinski definition) is 2. The van der Waals surface area contributed by atoms with Gasteiger partial charge in [-0.05, 0) is 31.0 Å². The molecule has 120 valence electrons. The topological polar surface area (TPSA) is 58.2 Å². The van der Waals surface area contributed by atoms with Gasteiger partial charge in [0.25, 0.3) is 0 Å². The highest BCUT2D eigenvalue weighted by Crippen LogP contribution is 2.16. The van der Waals surface area contributed by atoms with Gasteiger partial charge >= 0.3 is 0 Å². The van der Waals surface area contributed by atoms with Crippen molar-refractivity contribution >= 4 is 10.0 Å². The fourth-order valence-corrected chi connectivity index (χ4v) is 3.06. The van der Waals surface area contributed by atoms with Crippen molar-refractivity contribution in [2.24, 2.45) is 5.92 Å². The minimum absolute atomic E-state index is 0.0944. The highest BCUT2D eigenvalue weighted by atomic mass is 32.2. The van der Waals surface area contributed by atoms with E-state index in [0.717, 1.165) is 0 Å². The zero-order chi connectivity index (χ0) is 16.2. The summed E-state index contributed by atoms with van der Waals surface area (Å²) in [7, 11) is -3.63. The molecule has 0 radical (unpaired) electrons. The Balaban J connectivity index is 3.00. The van der Waals surface area contributed by atoms with Gasteiger partial charge in [-0.3, -0.25) is 0 Å². The molecule has 1 aromatic rings. The van der Waals surface area contributed by atoms with Gasteiger partial charge in [0, 0.05) is 24.2 Å². The predicted octanol–water partition coefficient (Wildman–Crippen LogP) is 2.65. The molecule has 2 N–H and O–H groups in total. The van der Waals surface area contributed by atoms with Gasteiger partial charge in [0.2, 0.25) is 10.0 Å². The maximum absolute atomic E-state index is 13.7. The van der Waals surface area contributed by atoms with Gasteiger partial charge < -0.3 is 5.32 Å². The van der Waals surface area contributed by atoms with Crippen LogP contribution in [0.15, 0.2) is 23.1 Å². The molecule has 1 aromatic carbocycles. The van der Waals surface area contributed by atoms with Crippen molar-refractivity contribution in [3.63, 3.8) is 0 Å². The molecule has 0 aliphatic carbocycles. The van der Waals surface area contributed by atoms with Crippen LogP contribution in [0.4, 0.5) is 4.39 Å². The highest BCUT2D eigenvalue weighted by molar-refractivity contribution is 7.89. The van der Waals surface area contributed by atoms with Crippen molar-refractivity contribution in [3.05, 3.63) is 29.6 Å². The second-order valence-corrected chi connectivity index (χ2v) is 7.66. The van der Waals surface area contributed by atoms with Crippen LogP contribution in [-0.4, -0.2) is 20.5 Å². The average Bonchev–Trinajstić information content (AvgIpc) is 2.36. The molecule has 0 aromatic heterocycles. The first kappa shape index (κ1) is 18.1. The second-order valence-electron chi connectivity index (χ2n) is 5.94. The number of halogens is 1. The first-order chi connectivity index (χ1) is 9.63. The molecule has 1 rings (SSSR count). The van der Waals surface area contributed by atoms with E-state index < -0.39 is 15.8 Å². The Hall–Kier alpha value is -0.980. The Morgan fingerprint density at radius 3 is 2.29 bits per heavy atom. The number of rotatable bonds is 7. The predicted molar refractivity (Wildman–Crippen MR) is 83.0 cm³/mol. The van der Waals surface area contributed by atoms with Crippen molar-refractivity contribution in [2.45, 2.75) is 58.1 Å². The Kier molecular flexibility index (Phi) is 6.31. The summed E-state index contributed by atoms with van der Waals surface area (Å²) in [4.78, 5) is 0.0944. The Morgan fingerprint density at radius 2 is 1.76 bits per heavy atom. The summed E-state index contributed by atoms with van der Waals surface area (Å²) in [6.45, 7) is 9.89. The second kappa shape index (κ2) is 7.33. The van der Waals surface area contributed by atoms with E-state index in [1.54, 1.807) is 0 Å². The zero-order valence-corrected chi connectivity index (χ0v) is 14.1. The number of hydrogen-bond acceptors (Lipinski definition) is 3. The molecule has 21 heavy (non-hydrogen) atoms. The van der Waals surface area contributed by atoms with Gasteiger partial charge in [0.05, 0.1) is 4.90 Å². The maximum atomic E-state index is 13.7. The van der Waals surface area contributed by atoms with E-state index in [9.17, 15) is 12.8 Å². The van der Waals surface area contributed by atoms with Crippen molar-refractivity contribution in [3.8, 4) is 0 Å². The lowest BCUT2D eigenvalue weighted by Gasteiger charge is -2.18. The summed E-state index contributed by atoms with van der Waals surface area (Å²) in [5, 5.41) is 3.09. The van der Waals surface area contributed by atoms with Crippen LogP contribution in [0.2, 0.25) is 0 Å². The van der Waals surface area contributed by atoms with Crippen molar-refractivity contribution < 1.29 is 12.8 Å². The minimum Gasteiger partial charge on any atom is -0.310 e. The summed E-state index contributed by atoms with van der Waals surface area (Å²) in [6, 6.07) is 3.90. The van der Waals surface area contributed by atoms with Crippen LogP contribution in [0.1, 0.15) is 40.2 Å². The van der Waals surface area contributed by atoms with Gasteiger partial charge in [-0.25, -0.2) is 17.5 Å². The molecule has 0 aliphatic rings. The lowest BCUT2D eigenvalue weighted by atomic mass is 10.1. The average molecular weight is 316 g/mol. The van der Waals surface area contributed by atoms with E-state index in [-0.39, 0.29) is 22.9 Å². The largest absolute Gasteiger partial charge is 0.310 e. The van der Waals surface area contributed by atoms with Gasteiger partial charge in [0.15, 0.2) is 0 Å². The van der Waals surface area contributed by atoms with Crippen LogP contribution in [0.25, 0.3) is 0 Å². The van der Waals surface area contributed by atoms with Crippen LogP contribution in [0.3, 0.4) is 0 Å². The lowest BCUT2D eigenvalue weighted by Crippen LogP contribution is -2.36. The van der Waals surface area contributed by atoms with Crippen LogP contribution in [0, 0.1) is 11.7 Å². The summed E-state index contributed by atoms with van der Waals surface area (Å²) in [6.07, 6.45) is 0. The van der Waals surface area contributed by atoms with Crippen LogP contribution in [0.5, 0.6) is 0 Å². The first-order valence-electron chi connectivity index (χ1n) is 7.17. The van der Waals surface area contributed by atoms with E-state index in [1.807, 2.05) is 34.6 Å². The van der Waals surface area contributed by atoms with Crippen molar-refractivity contribution in [1.82, 2.24) is 10.0 Å². The zero-order valence-electron chi connectivity index (χ0n) is 13.3. The molecule has 4 nitrogen and oxygen atoms in total. The standard InChI is InChI=1S/C15H25FN2O2S/c1-10(2)12(5)18-21(19,20)14-6-7-15(16)13(8-14)9-17-11(3)4/h6-8,10-12,17-18H,9H2,1-5H3. The third-order valence-electron chi connectivity index (χ3n) is 3.37. The summed E-state index contributed by atoms with van der Waals surface area (Å²) >= 11 is 0. The molecule has 0 bridgehead atoms. The maximum Gasteiger partial charge on any atom is 0.240 e. The fourth-order valence-electron chi connectivity index (χ4n) is 1.62. The summed E-state index contributed by atoms with van der Waals surface area (Å²) in [5.41, 5.74) is 0.351. The molecule has 0 saturated heterocycles. The lowest BCUT2D eigenvalue weighted by molar-refractivity contribution is 0.476. The molecule has 0 aliphatic heterocycles. The minimum atomic E-state index is -3.63. The molecular formula is C15H25FN2O2S. The van der Waals surface area contributed by atoms with E-state index in [2.05, 4.69) is 10.0 Å². The van der Waals surface area contributed by atoms with Crippen LogP contribution < -0.4 is 10.0 Å².